The van der Waals surface area contributed by atoms with Crippen LogP contribution in [0, 0.1) is 5.82 Å². The Morgan fingerprint density at radius 2 is 2.05 bits per heavy atom. The van der Waals surface area contributed by atoms with Gasteiger partial charge in [0.25, 0.3) is 0 Å². The third-order valence-corrected chi connectivity index (χ3v) is 2.99. The molecule has 0 aliphatic rings. The lowest BCUT2D eigenvalue weighted by Crippen LogP contribution is -2.04. The molecule has 0 amide bonds. The zero-order valence-electron chi connectivity index (χ0n) is 11.6. The Morgan fingerprint density at radius 1 is 1.25 bits per heavy atom. The second-order valence-corrected chi connectivity index (χ2v) is 4.64. The molecule has 1 heterocycles. The average Bonchev–Trinajstić information content (AvgIpc) is 2.46. The van der Waals surface area contributed by atoms with E-state index in [9.17, 15) is 4.39 Å². The standard InChI is InChI=1S/C16H19FN2O/c1-2-5-14-8-12(10-18)9-16(19-14)20-11-13-6-3-4-7-15(13)17/h3-4,6-9H,2,5,10-11,18H2,1H3. The van der Waals surface area contributed by atoms with E-state index in [1.54, 1.807) is 24.3 Å². The van der Waals surface area contributed by atoms with Crippen molar-refractivity contribution in [3.63, 3.8) is 0 Å². The van der Waals surface area contributed by atoms with Crippen LogP contribution in [0.2, 0.25) is 0 Å². The quantitative estimate of drug-likeness (QED) is 0.880. The summed E-state index contributed by atoms with van der Waals surface area (Å²) < 4.78 is 19.1. The smallest absolute Gasteiger partial charge is 0.214 e. The maximum atomic E-state index is 13.5. The highest BCUT2D eigenvalue weighted by Gasteiger charge is 2.05. The molecule has 0 saturated carbocycles. The topological polar surface area (TPSA) is 48.1 Å². The zero-order chi connectivity index (χ0) is 14.4. The molecule has 20 heavy (non-hydrogen) atoms. The van der Waals surface area contributed by atoms with Crippen LogP contribution >= 0.6 is 0 Å². The Kier molecular flexibility index (Phi) is 5.07. The fraction of sp³-hybridized carbons (Fsp3) is 0.312. The van der Waals surface area contributed by atoms with Crippen molar-refractivity contribution >= 4 is 0 Å². The molecular weight excluding hydrogens is 255 g/mol. The van der Waals surface area contributed by atoms with Gasteiger partial charge >= 0.3 is 0 Å². The molecule has 0 aliphatic heterocycles. The Hall–Kier alpha value is -1.94. The molecule has 3 nitrogen and oxygen atoms in total. The van der Waals surface area contributed by atoms with Gasteiger partial charge in [-0.2, -0.15) is 0 Å². The Bertz CT molecular complexity index is 572. The number of pyridine rings is 1. The first-order valence-electron chi connectivity index (χ1n) is 6.79. The van der Waals surface area contributed by atoms with Gasteiger partial charge in [0.15, 0.2) is 0 Å². The van der Waals surface area contributed by atoms with Crippen LogP contribution in [0.25, 0.3) is 0 Å². The lowest BCUT2D eigenvalue weighted by molar-refractivity contribution is 0.287. The Morgan fingerprint density at radius 3 is 2.75 bits per heavy atom. The van der Waals surface area contributed by atoms with Crippen molar-refractivity contribution in [3.8, 4) is 5.88 Å². The van der Waals surface area contributed by atoms with Crippen molar-refractivity contribution in [1.29, 1.82) is 0 Å². The number of nitrogens with zero attached hydrogens (tertiary/aromatic N) is 1. The largest absolute Gasteiger partial charge is 0.473 e. The fourth-order valence-corrected chi connectivity index (χ4v) is 1.96. The van der Waals surface area contributed by atoms with Crippen LogP contribution in [0.1, 0.15) is 30.2 Å². The maximum absolute atomic E-state index is 13.5. The van der Waals surface area contributed by atoms with Gasteiger partial charge < -0.3 is 10.5 Å². The molecule has 1 aromatic carbocycles. The Labute approximate surface area is 118 Å². The van der Waals surface area contributed by atoms with Crippen LogP contribution in [0.4, 0.5) is 4.39 Å². The number of hydrogen-bond donors (Lipinski definition) is 1. The molecule has 0 unspecified atom stereocenters. The van der Waals surface area contributed by atoms with Gasteiger partial charge in [0.05, 0.1) is 0 Å². The summed E-state index contributed by atoms with van der Waals surface area (Å²) in [5.74, 6) is 0.232. The fourth-order valence-electron chi connectivity index (χ4n) is 1.96. The van der Waals surface area contributed by atoms with Crippen molar-refractivity contribution in [2.24, 2.45) is 5.73 Å². The third-order valence-electron chi connectivity index (χ3n) is 2.99. The number of benzene rings is 1. The van der Waals surface area contributed by atoms with Gasteiger partial charge in [-0.3, -0.25) is 0 Å². The van der Waals surface area contributed by atoms with Gasteiger partial charge in [-0.1, -0.05) is 31.5 Å². The molecule has 0 saturated heterocycles. The number of nitrogens with two attached hydrogens (primary N) is 1. The van der Waals surface area contributed by atoms with E-state index in [1.807, 2.05) is 6.07 Å². The van der Waals surface area contributed by atoms with Crippen molar-refractivity contribution in [2.45, 2.75) is 32.9 Å². The molecular formula is C16H19FN2O. The molecule has 1 aromatic heterocycles. The number of aromatic nitrogens is 1. The van der Waals surface area contributed by atoms with Crippen LogP contribution < -0.4 is 10.5 Å². The number of hydrogen-bond acceptors (Lipinski definition) is 3. The van der Waals surface area contributed by atoms with Crippen molar-refractivity contribution < 1.29 is 9.13 Å². The van der Waals surface area contributed by atoms with Crippen molar-refractivity contribution in [1.82, 2.24) is 4.98 Å². The highest BCUT2D eigenvalue weighted by Crippen LogP contribution is 2.16. The van der Waals surface area contributed by atoms with E-state index in [0.29, 0.717) is 18.0 Å². The van der Waals surface area contributed by atoms with E-state index in [4.69, 9.17) is 10.5 Å². The predicted molar refractivity (Wildman–Crippen MR) is 76.9 cm³/mol. The van der Waals surface area contributed by atoms with Crippen molar-refractivity contribution in [3.05, 3.63) is 59.0 Å². The molecule has 0 atom stereocenters. The molecule has 106 valence electrons. The minimum atomic E-state index is -0.267. The van der Waals surface area contributed by atoms with E-state index in [-0.39, 0.29) is 12.4 Å². The predicted octanol–water partition coefficient (Wildman–Crippen LogP) is 3.21. The van der Waals surface area contributed by atoms with E-state index in [0.717, 1.165) is 24.1 Å². The van der Waals surface area contributed by atoms with Crippen LogP contribution in [-0.4, -0.2) is 4.98 Å². The number of halogens is 1. The summed E-state index contributed by atoms with van der Waals surface area (Å²) in [5.41, 5.74) is 8.13. The molecule has 2 N–H and O–H groups in total. The molecule has 2 rings (SSSR count). The van der Waals surface area contributed by atoms with Crippen LogP contribution in [0.15, 0.2) is 36.4 Å². The molecule has 4 heteroatoms. The monoisotopic (exact) mass is 274 g/mol. The second-order valence-electron chi connectivity index (χ2n) is 4.64. The zero-order valence-corrected chi connectivity index (χ0v) is 11.6. The Balaban J connectivity index is 2.12. The molecule has 0 bridgehead atoms. The van der Waals surface area contributed by atoms with E-state index < -0.39 is 0 Å². The van der Waals surface area contributed by atoms with Gasteiger partial charge in [0, 0.05) is 23.9 Å². The number of ether oxygens (including phenoxy) is 1. The summed E-state index contributed by atoms with van der Waals surface area (Å²) in [4.78, 5) is 4.42. The molecule has 0 aliphatic carbocycles. The first kappa shape index (κ1) is 14.5. The highest BCUT2D eigenvalue weighted by atomic mass is 19.1. The van der Waals surface area contributed by atoms with Gasteiger partial charge in [0.1, 0.15) is 12.4 Å². The SMILES string of the molecule is CCCc1cc(CN)cc(OCc2ccccc2F)n1. The average molecular weight is 274 g/mol. The van der Waals surface area contributed by atoms with Crippen LogP contribution in [-0.2, 0) is 19.6 Å². The minimum Gasteiger partial charge on any atom is -0.473 e. The molecule has 0 radical (unpaired) electrons. The lowest BCUT2D eigenvalue weighted by Gasteiger charge is -2.09. The van der Waals surface area contributed by atoms with Crippen molar-refractivity contribution in [2.75, 3.05) is 0 Å². The van der Waals surface area contributed by atoms with Gasteiger partial charge in [-0.15, -0.1) is 0 Å². The van der Waals surface area contributed by atoms with Crippen LogP contribution in [0.5, 0.6) is 5.88 Å². The molecule has 2 aromatic rings. The summed E-state index contributed by atoms with van der Waals surface area (Å²) in [6, 6.07) is 10.4. The summed E-state index contributed by atoms with van der Waals surface area (Å²) >= 11 is 0. The molecule has 0 fully saturated rings. The van der Waals surface area contributed by atoms with Gasteiger partial charge in [0.2, 0.25) is 5.88 Å². The number of aryl methyl sites for hydroxylation is 1. The first-order chi connectivity index (χ1) is 9.72. The first-order valence-corrected chi connectivity index (χ1v) is 6.79. The summed E-state index contributed by atoms with van der Waals surface area (Å²) in [6.07, 6.45) is 1.89. The third kappa shape index (κ3) is 3.78. The van der Waals surface area contributed by atoms with Crippen LogP contribution in [0.3, 0.4) is 0 Å². The molecule has 0 spiro atoms. The summed E-state index contributed by atoms with van der Waals surface area (Å²) in [5, 5.41) is 0. The highest BCUT2D eigenvalue weighted by molar-refractivity contribution is 5.26. The second kappa shape index (κ2) is 7.01. The lowest BCUT2D eigenvalue weighted by atomic mass is 10.1. The summed E-state index contributed by atoms with van der Waals surface area (Å²) in [7, 11) is 0. The van der Waals surface area contributed by atoms with Gasteiger partial charge in [-0.25, -0.2) is 9.37 Å². The van der Waals surface area contributed by atoms with Gasteiger partial charge in [-0.05, 0) is 24.1 Å². The van der Waals surface area contributed by atoms with E-state index in [2.05, 4.69) is 11.9 Å². The normalized spacial score (nSPS) is 10.6. The summed E-state index contributed by atoms with van der Waals surface area (Å²) in [6.45, 7) is 2.70. The number of rotatable bonds is 6. The van der Waals surface area contributed by atoms with E-state index >= 15 is 0 Å². The van der Waals surface area contributed by atoms with E-state index in [1.165, 1.54) is 6.07 Å². The maximum Gasteiger partial charge on any atom is 0.214 e. The minimum absolute atomic E-state index is 0.166.